The number of likely N-dealkylation sites (tertiary alicyclic amines) is 1. The maximum absolute atomic E-state index is 10.7. The van der Waals surface area contributed by atoms with E-state index >= 15 is 0 Å². The van der Waals surface area contributed by atoms with Crippen LogP contribution in [0.2, 0.25) is 0 Å². The van der Waals surface area contributed by atoms with Crippen LogP contribution >= 0.6 is 0 Å². The standard InChI is InChI=1S/C15H21NO3/c1-12(16-9-3-2-4-10-16)11-19-14-7-5-13(6-8-14)15(17)18/h5-8,12H,2-4,9-11H2,1H3,(H,17,18). The maximum atomic E-state index is 10.7. The van der Waals surface area contributed by atoms with Crippen LogP contribution in [0, 0.1) is 0 Å². The van der Waals surface area contributed by atoms with E-state index in [1.807, 2.05) is 0 Å². The number of ether oxygens (including phenoxy) is 1. The molecule has 1 saturated heterocycles. The maximum Gasteiger partial charge on any atom is 0.335 e. The summed E-state index contributed by atoms with van der Waals surface area (Å²) in [5.74, 6) is -0.179. The molecule has 1 aromatic rings. The molecule has 104 valence electrons. The molecule has 0 amide bonds. The Bertz CT molecular complexity index is 410. The number of hydrogen-bond donors (Lipinski definition) is 1. The minimum Gasteiger partial charge on any atom is -0.492 e. The van der Waals surface area contributed by atoms with Crippen LogP contribution in [-0.4, -0.2) is 41.7 Å². The van der Waals surface area contributed by atoms with Crippen LogP contribution in [0.15, 0.2) is 24.3 Å². The van der Waals surface area contributed by atoms with Gasteiger partial charge in [0.25, 0.3) is 0 Å². The van der Waals surface area contributed by atoms with Gasteiger partial charge in [0.05, 0.1) is 5.56 Å². The smallest absolute Gasteiger partial charge is 0.335 e. The highest BCUT2D eigenvalue weighted by Gasteiger charge is 2.16. The van der Waals surface area contributed by atoms with E-state index in [-0.39, 0.29) is 5.56 Å². The lowest BCUT2D eigenvalue weighted by Crippen LogP contribution is -2.40. The van der Waals surface area contributed by atoms with Crippen molar-refractivity contribution in [3.8, 4) is 5.75 Å². The summed E-state index contributed by atoms with van der Waals surface area (Å²) in [4.78, 5) is 13.2. The van der Waals surface area contributed by atoms with E-state index in [1.54, 1.807) is 24.3 Å². The lowest BCUT2D eigenvalue weighted by atomic mass is 10.1. The number of piperidine rings is 1. The highest BCUT2D eigenvalue weighted by atomic mass is 16.5. The van der Waals surface area contributed by atoms with Crippen molar-refractivity contribution in [2.45, 2.75) is 32.2 Å². The van der Waals surface area contributed by atoms with E-state index in [1.165, 1.54) is 19.3 Å². The zero-order valence-electron chi connectivity index (χ0n) is 11.3. The summed E-state index contributed by atoms with van der Waals surface area (Å²) in [7, 11) is 0. The summed E-state index contributed by atoms with van der Waals surface area (Å²) in [5.41, 5.74) is 0.288. The first-order valence-electron chi connectivity index (χ1n) is 6.87. The second kappa shape index (κ2) is 6.57. The molecule has 1 atom stereocenters. The third-order valence-corrected chi connectivity index (χ3v) is 3.61. The van der Waals surface area contributed by atoms with Gasteiger partial charge in [-0.15, -0.1) is 0 Å². The summed E-state index contributed by atoms with van der Waals surface area (Å²) >= 11 is 0. The lowest BCUT2D eigenvalue weighted by Gasteiger charge is -2.32. The Kier molecular flexibility index (Phi) is 4.80. The molecule has 4 heteroatoms. The number of carboxylic acids is 1. The monoisotopic (exact) mass is 263 g/mol. The van der Waals surface area contributed by atoms with E-state index in [4.69, 9.17) is 9.84 Å². The van der Waals surface area contributed by atoms with Gasteiger partial charge < -0.3 is 9.84 Å². The van der Waals surface area contributed by atoms with E-state index in [0.717, 1.165) is 18.8 Å². The molecule has 1 aromatic carbocycles. The Labute approximate surface area is 114 Å². The molecule has 1 heterocycles. The summed E-state index contributed by atoms with van der Waals surface area (Å²) in [6.45, 7) is 5.13. The average molecular weight is 263 g/mol. The third-order valence-electron chi connectivity index (χ3n) is 3.61. The number of carbonyl (C=O) groups is 1. The van der Waals surface area contributed by atoms with Gasteiger partial charge in [-0.05, 0) is 57.1 Å². The number of nitrogens with zero attached hydrogens (tertiary/aromatic N) is 1. The van der Waals surface area contributed by atoms with Crippen molar-refractivity contribution in [1.29, 1.82) is 0 Å². The Hall–Kier alpha value is -1.55. The predicted molar refractivity (Wildman–Crippen MR) is 73.8 cm³/mol. The number of carboxylic acid groups (broad SMARTS) is 1. The molecule has 1 fully saturated rings. The van der Waals surface area contributed by atoms with Gasteiger partial charge in [0.2, 0.25) is 0 Å². The van der Waals surface area contributed by atoms with Gasteiger partial charge in [-0.1, -0.05) is 6.42 Å². The molecule has 0 saturated carbocycles. The lowest BCUT2D eigenvalue weighted by molar-refractivity contribution is 0.0697. The van der Waals surface area contributed by atoms with Crippen LogP contribution in [0.1, 0.15) is 36.5 Å². The van der Waals surface area contributed by atoms with Crippen molar-refractivity contribution in [3.63, 3.8) is 0 Å². The van der Waals surface area contributed by atoms with Crippen LogP contribution in [0.25, 0.3) is 0 Å². The normalized spacial score (nSPS) is 17.9. The molecule has 0 bridgehead atoms. The molecule has 1 N–H and O–H groups in total. The molecule has 2 rings (SSSR count). The summed E-state index contributed by atoms with van der Waals surface area (Å²) < 4.78 is 5.72. The highest BCUT2D eigenvalue weighted by Crippen LogP contribution is 2.15. The molecule has 0 aliphatic carbocycles. The average Bonchev–Trinajstić information content (AvgIpc) is 2.46. The van der Waals surface area contributed by atoms with Crippen molar-refractivity contribution in [2.75, 3.05) is 19.7 Å². The molecule has 1 unspecified atom stereocenters. The molecule has 4 nitrogen and oxygen atoms in total. The predicted octanol–water partition coefficient (Wildman–Crippen LogP) is 2.64. The fraction of sp³-hybridized carbons (Fsp3) is 0.533. The molecule has 1 aliphatic heterocycles. The van der Waals surface area contributed by atoms with Crippen molar-refractivity contribution < 1.29 is 14.6 Å². The first-order chi connectivity index (χ1) is 9.16. The number of aromatic carboxylic acids is 1. The fourth-order valence-electron chi connectivity index (χ4n) is 2.38. The zero-order valence-corrected chi connectivity index (χ0v) is 11.3. The Morgan fingerprint density at radius 2 is 1.89 bits per heavy atom. The van der Waals surface area contributed by atoms with Crippen LogP contribution < -0.4 is 4.74 Å². The van der Waals surface area contributed by atoms with Crippen molar-refractivity contribution in [3.05, 3.63) is 29.8 Å². The Morgan fingerprint density at radius 3 is 2.47 bits per heavy atom. The van der Waals surface area contributed by atoms with Crippen LogP contribution in [-0.2, 0) is 0 Å². The summed E-state index contributed by atoms with van der Waals surface area (Å²) in [5, 5.41) is 8.82. The van der Waals surface area contributed by atoms with Gasteiger partial charge in [-0.25, -0.2) is 4.79 Å². The SMILES string of the molecule is CC(COc1ccc(C(=O)O)cc1)N1CCCCC1. The van der Waals surface area contributed by atoms with Gasteiger partial charge >= 0.3 is 5.97 Å². The molecule has 0 aromatic heterocycles. The zero-order chi connectivity index (χ0) is 13.7. The first kappa shape index (κ1) is 13.9. The summed E-state index contributed by atoms with van der Waals surface area (Å²) in [6, 6.07) is 6.98. The van der Waals surface area contributed by atoms with Gasteiger partial charge in [-0.3, -0.25) is 4.90 Å². The van der Waals surface area contributed by atoms with Crippen molar-refractivity contribution in [1.82, 2.24) is 4.90 Å². The number of rotatable bonds is 5. The summed E-state index contributed by atoms with van der Waals surface area (Å²) in [6.07, 6.45) is 3.88. The second-order valence-electron chi connectivity index (χ2n) is 5.09. The topological polar surface area (TPSA) is 49.8 Å². The fourth-order valence-corrected chi connectivity index (χ4v) is 2.38. The highest BCUT2D eigenvalue weighted by molar-refractivity contribution is 5.87. The Balaban J connectivity index is 1.82. The van der Waals surface area contributed by atoms with Gasteiger partial charge in [-0.2, -0.15) is 0 Å². The van der Waals surface area contributed by atoms with Crippen molar-refractivity contribution >= 4 is 5.97 Å². The van der Waals surface area contributed by atoms with Crippen molar-refractivity contribution in [2.24, 2.45) is 0 Å². The van der Waals surface area contributed by atoms with Gasteiger partial charge in [0.1, 0.15) is 12.4 Å². The minimum absolute atomic E-state index is 0.288. The Morgan fingerprint density at radius 1 is 1.26 bits per heavy atom. The molecule has 0 spiro atoms. The largest absolute Gasteiger partial charge is 0.492 e. The third kappa shape index (κ3) is 3.96. The minimum atomic E-state index is -0.909. The number of benzene rings is 1. The molecule has 1 aliphatic rings. The van der Waals surface area contributed by atoms with Crippen LogP contribution in [0.4, 0.5) is 0 Å². The molecular weight excluding hydrogens is 242 g/mol. The molecular formula is C15H21NO3. The second-order valence-corrected chi connectivity index (χ2v) is 5.09. The van der Waals surface area contributed by atoms with E-state index in [9.17, 15) is 4.79 Å². The molecule has 19 heavy (non-hydrogen) atoms. The van der Waals surface area contributed by atoms with Crippen LogP contribution in [0.5, 0.6) is 5.75 Å². The molecule has 0 radical (unpaired) electrons. The first-order valence-corrected chi connectivity index (χ1v) is 6.87. The van der Waals surface area contributed by atoms with Gasteiger partial charge in [0.15, 0.2) is 0 Å². The van der Waals surface area contributed by atoms with Gasteiger partial charge in [0, 0.05) is 6.04 Å². The van der Waals surface area contributed by atoms with E-state index in [0.29, 0.717) is 12.6 Å². The quantitative estimate of drug-likeness (QED) is 0.887. The number of hydrogen-bond acceptors (Lipinski definition) is 3. The van der Waals surface area contributed by atoms with Crippen LogP contribution in [0.3, 0.4) is 0 Å². The van der Waals surface area contributed by atoms with E-state index < -0.39 is 5.97 Å². The van der Waals surface area contributed by atoms with E-state index in [2.05, 4.69) is 11.8 Å².